The van der Waals surface area contributed by atoms with Gasteiger partial charge in [-0.1, -0.05) is 6.42 Å². The Balaban J connectivity index is 1.52. The monoisotopic (exact) mass is 490 g/mol. The normalized spacial score (nSPS) is 23.0. The van der Waals surface area contributed by atoms with E-state index in [1.165, 1.54) is 19.2 Å². The number of hydrogen-bond donors (Lipinski definition) is 0. The molecule has 34 heavy (non-hydrogen) atoms. The second-order valence-corrected chi connectivity index (χ2v) is 8.55. The van der Waals surface area contributed by atoms with E-state index < -0.39 is 23.5 Å². The van der Waals surface area contributed by atoms with Crippen LogP contribution in [0.1, 0.15) is 30.4 Å². The van der Waals surface area contributed by atoms with Crippen LogP contribution in [0.25, 0.3) is 0 Å². The largest absolute Gasteiger partial charge is 0.486 e. The minimum atomic E-state index is -4.53. The molecule has 1 saturated heterocycles. The van der Waals surface area contributed by atoms with Gasteiger partial charge < -0.3 is 19.1 Å². The molecule has 0 amide bonds. The molecule has 2 aromatic rings. The van der Waals surface area contributed by atoms with Crippen molar-refractivity contribution >= 4 is 5.82 Å². The lowest BCUT2D eigenvalue weighted by Crippen LogP contribution is -2.54. The van der Waals surface area contributed by atoms with Crippen molar-refractivity contribution in [1.29, 1.82) is 0 Å². The van der Waals surface area contributed by atoms with Gasteiger partial charge in [0.15, 0.2) is 18.3 Å². The van der Waals surface area contributed by atoms with Crippen LogP contribution >= 0.6 is 0 Å². The molecule has 0 unspecified atom stereocenters. The van der Waals surface area contributed by atoms with Crippen LogP contribution in [0.2, 0.25) is 0 Å². The summed E-state index contributed by atoms with van der Waals surface area (Å²) in [6.45, 7) is 0.811. The molecule has 1 aliphatic heterocycles. The molecule has 3 atom stereocenters. The predicted molar refractivity (Wildman–Crippen MR) is 111 cm³/mol. The lowest BCUT2D eigenvalue weighted by Gasteiger charge is -2.47. The van der Waals surface area contributed by atoms with Gasteiger partial charge in [0.1, 0.15) is 11.9 Å². The number of anilines is 1. The fourth-order valence-electron chi connectivity index (χ4n) is 4.67. The number of pyridine rings is 1. The highest BCUT2D eigenvalue weighted by Gasteiger charge is 2.42. The molecule has 186 valence electrons. The molecule has 2 bridgehead atoms. The van der Waals surface area contributed by atoms with E-state index in [4.69, 9.17) is 14.2 Å². The van der Waals surface area contributed by atoms with E-state index in [9.17, 15) is 26.3 Å². The summed E-state index contributed by atoms with van der Waals surface area (Å²) in [5.74, 6) is 0.681. The van der Waals surface area contributed by atoms with Gasteiger partial charge in [-0.25, -0.2) is 4.98 Å². The second kappa shape index (κ2) is 9.52. The first kappa shape index (κ1) is 24.4. The zero-order chi connectivity index (χ0) is 24.5. The molecule has 1 saturated carbocycles. The van der Waals surface area contributed by atoms with Crippen LogP contribution in [0.3, 0.4) is 0 Å². The van der Waals surface area contributed by atoms with Gasteiger partial charge in [-0.05, 0) is 43.2 Å². The number of halogens is 6. The first-order chi connectivity index (χ1) is 16.1. The SMILES string of the molecule is COCOc1cc(C(F)(F)F)ccc1O[C@@H]1[C@@H]2CCC[C@H]1CN(c1ccc(C(F)(F)F)cn1)C2. The maximum atomic E-state index is 13.2. The van der Waals surface area contributed by atoms with Crippen LogP contribution in [0.4, 0.5) is 32.2 Å². The van der Waals surface area contributed by atoms with Crippen LogP contribution in [0.5, 0.6) is 11.5 Å². The third-order valence-electron chi connectivity index (χ3n) is 6.25. The van der Waals surface area contributed by atoms with Crippen LogP contribution in [0.15, 0.2) is 36.5 Å². The van der Waals surface area contributed by atoms with Crippen molar-refractivity contribution in [3.05, 3.63) is 47.7 Å². The van der Waals surface area contributed by atoms with Crippen molar-refractivity contribution < 1.29 is 40.6 Å². The molecule has 0 N–H and O–H groups in total. The predicted octanol–water partition coefficient (Wildman–Crippen LogP) is 5.79. The lowest BCUT2D eigenvalue weighted by atomic mass is 9.75. The third-order valence-corrected chi connectivity index (χ3v) is 6.25. The smallest absolute Gasteiger partial charge is 0.417 e. The summed E-state index contributed by atoms with van der Waals surface area (Å²) < 4.78 is 94.5. The van der Waals surface area contributed by atoms with Crippen molar-refractivity contribution in [2.24, 2.45) is 11.8 Å². The minimum absolute atomic E-state index is 0.0363. The summed E-state index contributed by atoms with van der Waals surface area (Å²) in [6, 6.07) is 5.49. The zero-order valence-electron chi connectivity index (χ0n) is 18.3. The van der Waals surface area contributed by atoms with Gasteiger partial charge in [-0.2, -0.15) is 26.3 Å². The van der Waals surface area contributed by atoms with Crippen molar-refractivity contribution in [3.63, 3.8) is 0 Å². The molecular formula is C23H24F6N2O3. The van der Waals surface area contributed by atoms with Crippen molar-refractivity contribution in [2.75, 3.05) is 31.9 Å². The summed E-state index contributed by atoms with van der Waals surface area (Å²) in [5.41, 5.74) is -1.66. The van der Waals surface area contributed by atoms with Gasteiger partial charge >= 0.3 is 12.4 Å². The molecule has 11 heteroatoms. The average molecular weight is 490 g/mol. The fourth-order valence-corrected chi connectivity index (χ4v) is 4.67. The summed E-state index contributed by atoms with van der Waals surface area (Å²) in [4.78, 5) is 5.96. The minimum Gasteiger partial charge on any atom is -0.486 e. The Morgan fingerprint density at radius 3 is 2.12 bits per heavy atom. The maximum Gasteiger partial charge on any atom is 0.417 e. The van der Waals surface area contributed by atoms with Crippen LogP contribution < -0.4 is 14.4 Å². The summed E-state index contributed by atoms with van der Waals surface area (Å²) in [6.07, 6.45) is -5.78. The molecule has 0 radical (unpaired) electrons. The molecule has 1 aliphatic carbocycles. The van der Waals surface area contributed by atoms with E-state index in [-0.39, 0.29) is 36.2 Å². The standard InChI is InChI=1S/C23H24F6N2O3/c1-32-13-33-19-9-16(22(24,25)26)5-7-18(19)34-21-14-3-2-4-15(21)12-31(11-14)20-8-6-17(10-30-20)23(27,28)29/h5-10,14-15,21H,2-4,11-13H2,1H3/t14-,15+,21-. The summed E-state index contributed by atoms with van der Waals surface area (Å²) in [7, 11) is 1.36. The summed E-state index contributed by atoms with van der Waals surface area (Å²) in [5, 5.41) is 0. The highest BCUT2D eigenvalue weighted by atomic mass is 19.4. The Morgan fingerprint density at radius 1 is 0.912 bits per heavy atom. The molecule has 4 rings (SSSR count). The molecule has 2 fully saturated rings. The Kier molecular flexibility index (Phi) is 6.84. The number of hydrogen-bond acceptors (Lipinski definition) is 5. The number of rotatable bonds is 6. The van der Waals surface area contributed by atoms with Gasteiger partial charge in [0.25, 0.3) is 0 Å². The molecule has 5 nitrogen and oxygen atoms in total. The van der Waals surface area contributed by atoms with Gasteiger partial charge in [0.05, 0.1) is 11.1 Å². The topological polar surface area (TPSA) is 43.8 Å². The van der Waals surface area contributed by atoms with E-state index in [0.29, 0.717) is 18.9 Å². The maximum absolute atomic E-state index is 13.2. The van der Waals surface area contributed by atoms with E-state index in [0.717, 1.165) is 43.7 Å². The van der Waals surface area contributed by atoms with Crippen molar-refractivity contribution in [2.45, 2.75) is 37.7 Å². The first-order valence-corrected chi connectivity index (χ1v) is 10.8. The number of methoxy groups -OCH3 is 1. The van der Waals surface area contributed by atoms with Gasteiger partial charge in [-0.15, -0.1) is 0 Å². The Hall–Kier alpha value is -2.69. The highest BCUT2D eigenvalue weighted by molar-refractivity contribution is 5.45. The number of fused-ring (bicyclic) bond motifs is 2. The number of nitrogens with zero attached hydrogens (tertiary/aromatic N) is 2. The van der Waals surface area contributed by atoms with Crippen LogP contribution in [-0.2, 0) is 17.1 Å². The van der Waals surface area contributed by atoms with Gasteiger partial charge in [-0.3, -0.25) is 0 Å². The van der Waals surface area contributed by atoms with Gasteiger partial charge in [0.2, 0.25) is 0 Å². The molecule has 1 aromatic heterocycles. The molecule has 1 aromatic carbocycles. The third kappa shape index (κ3) is 5.34. The van der Waals surface area contributed by atoms with E-state index in [1.807, 2.05) is 4.90 Å². The second-order valence-electron chi connectivity index (χ2n) is 8.55. The molecule has 2 aliphatic rings. The Bertz CT molecular complexity index is 966. The fraction of sp³-hybridized carbons (Fsp3) is 0.522. The van der Waals surface area contributed by atoms with Crippen molar-refractivity contribution in [3.8, 4) is 11.5 Å². The van der Waals surface area contributed by atoms with Crippen molar-refractivity contribution in [1.82, 2.24) is 4.98 Å². The lowest BCUT2D eigenvalue weighted by molar-refractivity contribution is -0.138. The Labute approximate surface area is 192 Å². The van der Waals surface area contributed by atoms with Gasteiger partial charge in [0, 0.05) is 38.2 Å². The van der Waals surface area contributed by atoms with E-state index in [1.54, 1.807) is 0 Å². The molecule has 2 heterocycles. The highest BCUT2D eigenvalue weighted by Crippen LogP contribution is 2.42. The molecule has 0 spiro atoms. The summed E-state index contributed by atoms with van der Waals surface area (Å²) >= 11 is 0. The number of alkyl halides is 6. The van der Waals surface area contributed by atoms with E-state index >= 15 is 0 Å². The average Bonchev–Trinajstić information content (AvgIpc) is 2.77. The van der Waals surface area contributed by atoms with Crippen LogP contribution in [0, 0.1) is 11.8 Å². The molecular weight excluding hydrogens is 466 g/mol. The Morgan fingerprint density at radius 2 is 1.56 bits per heavy atom. The number of piperidine rings is 1. The number of aromatic nitrogens is 1. The van der Waals surface area contributed by atoms with Crippen LogP contribution in [-0.4, -0.2) is 38.1 Å². The quantitative estimate of drug-likeness (QED) is 0.379. The number of ether oxygens (including phenoxy) is 3. The number of benzene rings is 1. The zero-order valence-corrected chi connectivity index (χ0v) is 18.3. The first-order valence-electron chi connectivity index (χ1n) is 10.8. The van der Waals surface area contributed by atoms with E-state index in [2.05, 4.69) is 4.98 Å².